The highest BCUT2D eigenvalue weighted by atomic mass is 16.5. The minimum Gasteiger partial charge on any atom is -0.497 e. The molecule has 1 aliphatic rings. The van der Waals surface area contributed by atoms with Gasteiger partial charge in [-0.2, -0.15) is 0 Å². The van der Waals surface area contributed by atoms with E-state index in [4.69, 9.17) is 4.74 Å². The molecule has 0 radical (unpaired) electrons. The Labute approximate surface area is 119 Å². The van der Waals surface area contributed by atoms with Gasteiger partial charge in [0.05, 0.1) is 7.11 Å². The van der Waals surface area contributed by atoms with Gasteiger partial charge in [-0.15, -0.1) is 0 Å². The van der Waals surface area contributed by atoms with E-state index in [2.05, 4.69) is 33.9 Å². The minimum absolute atomic E-state index is 0.345. The molecule has 2 heterocycles. The summed E-state index contributed by atoms with van der Waals surface area (Å²) in [6.07, 6.45) is 5.93. The Hall–Kier alpha value is -1.81. The second-order valence-corrected chi connectivity index (χ2v) is 5.16. The zero-order valence-corrected chi connectivity index (χ0v) is 12.1. The van der Waals surface area contributed by atoms with E-state index in [9.17, 15) is 0 Å². The number of nitrogens with zero attached hydrogens (tertiary/aromatic N) is 2. The summed E-state index contributed by atoms with van der Waals surface area (Å²) in [7, 11) is 1.72. The number of nitrogens with one attached hydrogen (secondary N) is 1. The van der Waals surface area contributed by atoms with E-state index in [1.165, 1.54) is 11.1 Å². The Morgan fingerprint density at radius 1 is 1.45 bits per heavy atom. The molecule has 1 aromatic heterocycles. The third-order valence-corrected chi connectivity index (χ3v) is 4.04. The van der Waals surface area contributed by atoms with Crippen molar-refractivity contribution < 1.29 is 4.74 Å². The Morgan fingerprint density at radius 2 is 2.35 bits per heavy atom. The third kappa shape index (κ3) is 2.43. The van der Waals surface area contributed by atoms with E-state index < -0.39 is 0 Å². The monoisotopic (exact) mass is 271 g/mol. The Bertz CT molecular complexity index is 591. The lowest BCUT2D eigenvalue weighted by Gasteiger charge is -2.27. The first-order valence-electron chi connectivity index (χ1n) is 7.22. The zero-order valence-electron chi connectivity index (χ0n) is 12.1. The number of benzene rings is 1. The molecule has 0 bridgehead atoms. The van der Waals surface area contributed by atoms with Crippen molar-refractivity contribution in [2.45, 2.75) is 32.4 Å². The van der Waals surface area contributed by atoms with Crippen LogP contribution in [0.4, 0.5) is 0 Å². The maximum absolute atomic E-state index is 5.32. The number of ether oxygens (including phenoxy) is 1. The Kier molecular flexibility index (Phi) is 3.74. The summed E-state index contributed by atoms with van der Waals surface area (Å²) in [6.45, 7) is 4.13. The minimum atomic E-state index is 0.345. The molecular weight excluding hydrogens is 250 g/mol. The number of methoxy groups -OCH3 is 1. The van der Waals surface area contributed by atoms with Gasteiger partial charge in [-0.3, -0.25) is 0 Å². The molecule has 1 N–H and O–H groups in total. The van der Waals surface area contributed by atoms with Crippen molar-refractivity contribution in [2.24, 2.45) is 0 Å². The molecule has 1 unspecified atom stereocenters. The number of imidazole rings is 1. The summed E-state index contributed by atoms with van der Waals surface area (Å²) in [5.74, 6) is 2.09. The van der Waals surface area contributed by atoms with Gasteiger partial charge in [-0.1, -0.05) is 6.07 Å². The van der Waals surface area contributed by atoms with E-state index in [-0.39, 0.29) is 0 Å². The highest BCUT2D eigenvalue weighted by Gasteiger charge is 2.21. The Morgan fingerprint density at radius 3 is 3.15 bits per heavy atom. The SMILES string of the molecule is CCn1ccnc1CC1NCCc2cc(OC)ccc21. The molecule has 0 saturated heterocycles. The second-order valence-electron chi connectivity index (χ2n) is 5.16. The molecule has 2 aromatic rings. The van der Waals surface area contributed by atoms with Crippen LogP contribution in [0.1, 0.15) is 29.9 Å². The first-order chi connectivity index (χ1) is 9.81. The average molecular weight is 271 g/mol. The highest BCUT2D eigenvalue weighted by Crippen LogP contribution is 2.28. The van der Waals surface area contributed by atoms with Crippen molar-refractivity contribution >= 4 is 0 Å². The van der Waals surface area contributed by atoms with Crippen LogP contribution in [0.5, 0.6) is 5.75 Å². The number of hydrogen-bond acceptors (Lipinski definition) is 3. The van der Waals surface area contributed by atoms with Gasteiger partial charge < -0.3 is 14.6 Å². The average Bonchev–Trinajstić information content (AvgIpc) is 2.94. The van der Waals surface area contributed by atoms with Crippen LogP contribution < -0.4 is 10.1 Å². The van der Waals surface area contributed by atoms with E-state index >= 15 is 0 Å². The highest BCUT2D eigenvalue weighted by molar-refractivity contribution is 5.39. The summed E-state index contributed by atoms with van der Waals surface area (Å²) in [6, 6.07) is 6.74. The predicted octanol–water partition coefficient (Wildman–Crippen LogP) is 2.34. The molecule has 0 saturated carbocycles. The summed E-state index contributed by atoms with van der Waals surface area (Å²) in [5.41, 5.74) is 2.77. The maximum atomic E-state index is 5.32. The molecule has 0 amide bonds. The molecule has 1 aromatic carbocycles. The van der Waals surface area contributed by atoms with Crippen LogP contribution >= 0.6 is 0 Å². The van der Waals surface area contributed by atoms with Crippen LogP contribution in [-0.4, -0.2) is 23.2 Å². The van der Waals surface area contributed by atoms with E-state index in [1.54, 1.807) is 7.11 Å². The fourth-order valence-electron chi connectivity index (χ4n) is 2.94. The fourth-order valence-corrected chi connectivity index (χ4v) is 2.94. The van der Waals surface area contributed by atoms with Crippen LogP contribution in [0.25, 0.3) is 0 Å². The van der Waals surface area contributed by atoms with Crippen molar-refractivity contribution in [1.29, 1.82) is 0 Å². The molecule has 20 heavy (non-hydrogen) atoms. The normalized spacial score (nSPS) is 17.8. The lowest BCUT2D eigenvalue weighted by molar-refractivity contribution is 0.411. The molecule has 0 fully saturated rings. The van der Waals surface area contributed by atoms with Gasteiger partial charge in [0, 0.05) is 31.4 Å². The topological polar surface area (TPSA) is 39.1 Å². The second kappa shape index (κ2) is 5.67. The van der Waals surface area contributed by atoms with Crippen molar-refractivity contribution in [3.8, 4) is 5.75 Å². The first kappa shape index (κ1) is 13.2. The van der Waals surface area contributed by atoms with Crippen LogP contribution in [0.3, 0.4) is 0 Å². The van der Waals surface area contributed by atoms with Crippen LogP contribution in [0.15, 0.2) is 30.6 Å². The van der Waals surface area contributed by atoms with Gasteiger partial charge in [-0.05, 0) is 43.1 Å². The molecule has 4 nitrogen and oxygen atoms in total. The quantitative estimate of drug-likeness (QED) is 0.927. The lowest BCUT2D eigenvalue weighted by Crippen LogP contribution is -2.31. The standard InChI is InChI=1S/C16H21N3O/c1-3-19-9-8-18-16(19)11-15-14-5-4-13(20-2)10-12(14)6-7-17-15/h4-5,8-10,15,17H,3,6-7,11H2,1-2H3. The van der Waals surface area contributed by atoms with E-state index in [1.807, 2.05) is 18.5 Å². The summed E-state index contributed by atoms with van der Waals surface area (Å²) >= 11 is 0. The number of aromatic nitrogens is 2. The van der Waals surface area contributed by atoms with E-state index in [0.29, 0.717) is 6.04 Å². The van der Waals surface area contributed by atoms with Crippen LogP contribution in [0.2, 0.25) is 0 Å². The number of rotatable bonds is 4. The third-order valence-electron chi connectivity index (χ3n) is 4.04. The van der Waals surface area contributed by atoms with Gasteiger partial charge in [0.15, 0.2) is 0 Å². The first-order valence-corrected chi connectivity index (χ1v) is 7.22. The van der Waals surface area contributed by atoms with Gasteiger partial charge in [-0.25, -0.2) is 4.98 Å². The van der Waals surface area contributed by atoms with Crippen molar-refractivity contribution in [2.75, 3.05) is 13.7 Å². The Balaban J connectivity index is 1.86. The number of hydrogen-bond donors (Lipinski definition) is 1. The zero-order chi connectivity index (χ0) is 13.9. The lowest BCUT2D eigenvalue weighted by atomic mass is 9.92. The molecule has 1 aliphatic heterocycles. The summed E-state index contributed by atoms with van der Waals surface area (Å²) < 4.78 is 7.53. The van der Waals surface area contributed by atoms with Gasteiger partial charge >= 0.3 is 0 Å². The molecule has 4 heteroatoms. The van der Waals surface area contributed by atoms with E-state index in [0.717, 1.165) is 37.5 Å². The van der Waals surface area contributed by atoms with Gasteiger partial charge in [0.1, 0.15) is 11.6 Å². The molecule has 0 spiro atoms. The molecule has 1 atom stereocenters. The smallest absolute Gasteiger partial charge is 0.119 e. The molecule has 0 aliphatic carbocycles. The van der Waals surface area contributed by atoms with Crippen molar-refractivity contribution in [3.63, 3.8) is 0 Å². The van der Waals surface area contributed by atoms with Crippen LogP contribution in [0, 0.1) is 0 Å². The molecular formula is C16H21N3O. The summed E-state index contributed by atoms with van der Waals surface area (Å²) in [4.78, 5) is 4.49. The van der Waals surface area contributed by atoms with Crippen molar-refractivity contribution in [3.05, 3.63) is 47.5 Å². The number of fused-ring (bicyclic) bond motifs is 1. The van der Waals surface area contributed by atoms with Gasteiger partial charge in [0.25, 0.3) is 0 Å². The molecule has 3 rings (SSSR count). The maximum Gasteiger partial charge on any atom is 0.119 e. The van der Waals surface area contributed by atoms with Crippen molar-refractivity contribution in [1.82, 2.24) is 14.9 Å². The van der Waals surface area contributed by atoms with Crippen LogP contribution in [-0.2, 0) is 19.4 Å². The largest absolute Gasteiger partial charge is 0.497 e. The fraction of sp³-hybridized carbons (Fsp3) is 0.438. The predicted molar refractivity (Wildman–Crippen MR) is 79.0 cm³/mol. The molecule has 106 valence electrons. The summed E-state index contributed by atoms with van der Waals surface area (Å²) in [5, 5.41) is 3.61. The van der Waals surface area contributed by atoms with Gasteiger partial charge in [0.2, 0.25) is 0 Å². The number of aryl methyl sites for hydroxylation is 1.